The summed E-state index contributed by atoms with van der Waals surface area (Å²) in [4.78, 5) is 25.5. The number of hydrogen-bond acceptors (Lipinski definition) is 9. The Balaban J connectivity index is 1.46. The highest BCUT2D eigenvalue weighted by molar-refractivity contribution is 7.13. The second kappa shape index (κ2) is 8.41. The molecule has 0 saturated carbocycles. The van der Waals surface area contributed by atoms with Crippen molar-refractivity contribution in [2.24, 2.45) is 0 Å². The highest BCUT2D eigenvalue weighted by Crippen LogP contribution is 2.28. The van der Waals surface area contributed by atoms with Crippen LogP contribution in [0, 0.1) is 0 Å². The van der Waals surface area contributed by atoms with E-state index in [1.54, 1.807) is 0 Å². The molecule has 1 amide bonds. The number of anilines is 1. The van der Waals surface area contributed by atoms with E-state index in [0.717, 1.165) is 24.3 Å². The van der Waals surface area contributed by atoms with E-state index in [0.29, 0.717) is 11.6 Å². The van der Waals surface area contributed by atoms with E-state index in [1.165, 1.54) is 36.6 Å². The molecule has 10 heteroatoms. The zero-order chi connectivity index (χ0) is 20.2. The Bertz CT molecular complexity index is 1010. The predicted octanol–water partition coefficient (Wildman–Crippen LogP) is 2.72. The first-order valence-electron chi connectivity index (χ1n) is 8.96. The quantitative estimate of drug-likeness (QED) is 0.467. The highest BCUT2D eigenvalue weighted by Gasteiger charge is 2.24. The van der Waals surface area contributed by atoms with E-state index in [9.17, 15) is 9.59 Å². The van der Waals surface area contributed by atoms with Gasteiger partial charge in [-0.05, 0) is 43.0 Å². The van der Waals surface area contributed by atoms with Crippen LogP contribution >= 0.6 is 11.3 Å². The molecule has 1 fully saturated rings. The van der Waals surface area contributed by atoms with Gasteiger partial charge in [-0.2, -0.15) is 0 Å². The number of rotatable bonds is 6. The lowest BCUT2D eigenvalue weighted by Crippen LogP contribution is -2.34. The van der Waals surface area contributed by atoms with Gasteiger partial charge < -0.3 is 19.2 Å². The summed E-state index contributed by atoms with van der Waals surface area (Å²) >= 11 is 1.45. The van der Waals surface area contributed by atoms with Gasteiger partial charge in [0.05, 0.1) is 17.6 Å². The number of amides is 1. The van der Waals surface area contributed by atoms with Crippen LogP contribution in [-0.2, 0) is 4.79 Å². The number of carbonyl (C=O) groups is 2. The van der Waals surface area contributed by atoms with Crippen molar-refractivity contribution in [3.63, 3.8) is 0 Å². The monoisotopic (exact) mass is 414 g/mol. The van der Waals surface area contributed by atoms with Gasteiger partial charge in [0.2, 0.25) is 0 Å². The molecule has 0 radical (unpaired) electrons. The fourth-order valence-corrected chi connectivity index (χ4v) is 3.58. The predicted molar refractivity (Wildman–Crippen MR) is 105 cm³/mol. The first-order chi connectivity index (χ1) is 14.1. The van der Waals surface area contributed by atoms with Gasteiger partial charge in [-0.1, -0.05) is 11.2 Å². The standard InChI is InChI=1S/C19H18N4O5S/c1-26-14-10-11(27-18(25)13-4-2-8-20-13)6-7-12(14)16(24)21-19-23-22-17(28-19)15-5-3-9-29-15/h3,5-7,9-10,13,20H,2,4,8H2,1H3,(H,21,23,24)/t13-/m0/s1. The SMILES string of the molecule is COc1cc(OC(=O)[C@@H]2CCCN2)ccc1C(=O)Nc1nnc(-c2cccs2)o1. The van der Waals surface area contributed by atoms with Crippen molar-refractivity contribution in [2.45, 2.75) is 18.9 Å². The second-order valence-corrected chi connectivity index (χ2v) is 7.22. The lowest BCUT2D eigenvalue weighted by atomic mass is 10.1. The fourth-order valence-electron chi connectivity index (χ4n) is 2.93. The molecular weight excluding hydrogens is 396 g/mol. The lowest BCUT2D eigenvalue weighted by molar-refractivity contribution is -0.136. The minimum absolute atomic E-state index is 0.0248. The molecule has 1 aliphatic rings. The Morgan fingerprint density at radius 1 is 1.31 bits per heavy atom. The van der Waals surface area contributed by atoms with Gasteiger partial charge in [-0.3, -0.25) is 10.1 Å². The smallest absolute Gasteiger partial charge is 0.328 e. The third-order valence-corrected chi connectivity index (χ3v) is 5.22. The van der Waals surface area contributed by atoms with Crippen molar-refractivity contribution in [3.8, 4) is 22.3 Å². The molecule has 150 valence electrons. The van der Waals surface area contributed by atoms with Crippen molar-refractivity contribution in [1.82, 2.24) is 15.5 Å². The van der Waals surface area contributed by atoms with Crippen LogP contribution in [0.25, 0.3) is 10.8 Å². The van der Waals surface area contributed by atoms with Gasteiger partial charge in [0.25, 0.3) is 11.8 Å². The minimum Gasteiger partial charge on any atom is -0.496 e. The summed E-state index contributed by atoms with van der Waals surface area (Å²) in [5.41, 5.74) is 0.238. The summed E-state index contributed by atoms with van der Waals surface area (Å²) in [7, 11) is 1.43. The van der Waals surface area contributed by atoms with E-state index in [4.69, 9.17) is 13.9 Å². The number of ether oxygens (including phenoxy) is 2. The van der Waals surface area contributed by atoms with Gasteiger partial charge in [0.1, 0.15) is 17.5 Å². The average molecular weight is 414 g/mol. The molecule has 1 aliphatic heterocycles. The molecule has 3 heterocycles. The molecule has 9 nitrogen and oxygen atoms in total. The zero-order valence-corrected chi connectivity index (χ0v) is 16.3. The summed E-state index contributed by atoms with van der Waals surface area (Å²) in [6.07, 6.45) is 1.68. The number of thiophene rings is 1. The zero-order valence-electron chi connectivity index (χ0n) is 15.5. The Morgan fingerprint density at radius 2 is 2.21 bits per heavy atom. The number of benzene rings is 1. The number of methoxy groups -OCH3 is 1. The van der Waals surface area contributed by atoms with Crippen molar-refractivity contribution in [2.75, 3.05) is 19.0 Å². The topological polar surface area (TPSA) is 116 Å². The van der Waals surface area contributed by atoms with Crippen LogP contribution in [0.15, 0.2) is 40.1 Å². The number of esters is 1. The van der Waals surface area contributed by atoms with Crippen molar-refractivity contribution in [1.29, 1.82) is 0 Å². The number of nitrogens with one attached hydrogen (secondary N) is 2. The van der Waals surface area contributed by atoms with E-state index in [1.807, 2.05) is 17.5 Å². The third kappa shape index (κ3) is 4.28. The van der Waals surface area contributed by atoms with Crippen molar-refractivity contribution < 1.29 is 23.5 Å². The molecule has 0 bridgehead atoms. The minimum atomic E-state index is -0.487. The Kier molecular flexibility index (Phi) is 5.54. The van der Waals surface area contributed by atoms with Gasteiger partial charge >= 0.3 is 12.0 Å². The molecule has 1 atom stereocenters. The summed E-state index contributed by atoms with van der Waals surface area (Å²) in [5.74, 6) is 0.0392. The van der Waals surface area contributed by atoms with E-state index < -0.39 is 5.91 Å². The molecule has 4 rings (SSSR count). The molecular formula is C19H18N4O5S. The second-order valence-electron chi connectivity index (χ2n) is 6.28. The summed E-state index contributed by atoms with van der Waals surface area (Å²) in [6.45, 7) is 0.798. The summed E-state index contributed by atoms with van der Waals surface area (Å²) < 4.78 is 16.1. The van der Waals surface area contributed by atoms with Gasteiger partial charge in [-0.25, -0.2) is 4.79 Å². The molecule has 2 aromatic heterocycles. The fraction of sp³-hybridized carbons (Fsp3) is 0.263. The molecule has 3 aromatic rings. The maximum atomic E-state index is 12.6. The van der Waals surface area contributed by atoms with Crippen LogP contribution < -0.4 is 20.1 Å². The summed E-state index contributed by atoms with van der Waals surface area (Å²) in [6, 6.07) is 7.91. The molecule has 1 aromatic carbocycles. The van der Waals surface area contributed by atoms with E-state index in [2.05, 4.69) is 20.8 Å². The van der Waals surface area contributed by atoms with Gasteiger partial charge in [-0.15, -0.1) is 16.4 Å². The largest absolute Gasteiger partial charge is 0.496 e. The van der Waals surface area contributed by atoms with Crippen molar-refractivity contribution in [3.05, 3.63) is 41.3 Å². The molecule has 1 saturated heterocycles. The third-order valence-electron chi connectivity index (χ3n) is 4.36. The van der Waals surface area contributed by atoms with Crippen LogP contribution in [0.1, 0.15) is 23.2 Å². The van der Waals surface area contributed by atoms with E-state index >= 15 is 0 Å². The van der Waals surface area contributed by atoms with Crippen molar-refractivity contribution >= 4 is 29.2 Å². The highest BCUT2D eigenvalue weighted by atomic mass is 32.1. The summed E-state index contributed by atoms with van der Waals surface area (Å²) in [5, 5.41) is 15.3. The average Bonchev–Trinajstić information content (AvgIpc) is 3.49. The Morgan fingerprint density at radius 3 is 2.93 bits per heavy atom. The van der Waals surface area contributed by atoms with Crippen LogP contribution in [-0.4, -0.2) is 41.8 Å². The maximum absolute atomic E-state index is 12.6. The Hall–Kier alpha value is -3.24. The van der Waals surface area contributed by atoms with Crippen LogP contribution in [0.4, 0.5) is 6.01 Å². The Labute approximate surface area is 170 Å². The molecule has 2 N–H and O–H groups in total. The number of hydrogen-bond donors (Lipinski definition) is 2. The first-order valence-corrected chi connectivity index (χ1v) is 9.84. The lowest BCUT2D eigenvalue weighted by Gasteiger charge is -2.12. The molecule has 0 spiro atoms. The van der Waals surface area contributed by atoms with Gasteiger partial charge in [0.15, 0.2) is 0 Å². The normalized spacial score (nSPS) is 15.8. The molecule has 0 unspecified atom stereocenters. The maximum Gasteiger partial charge on any atom is 0.328 e. The van der Waals surface area contributed by atoms with Crippen LogP contribution in [0.3, 0.4) is 0 Å². The number of nitrogens with zero attached hydrogens (tertiary/aromatic N) is 2. The first kappa shape index (κ1) is 19.1. The molecule has 0 aliphatic carbocycles. The number of aromatic nitrogens is 2. The van der Waals surface area contributed by atoms with E-state index in [-0.39, 0.29) is 29.3 Å². The van der Waals surface area contributed by atoms with Gasteiger partial charge in [0, 0.05) is 6.07 Å². The van der Waals surface area contributed by atoms with Crippen LogP contribution in [0.2, 0.25) is 0 Å². The van der Waals surface area contributed by atoms with Crippen LogP contribution in [0.5, 0.6) is 11.5 Å². The number of carbonyl (C=O) groups excluding carboxylic acids is 2. The molecule has 29 heavy (non-hydrogen) atoms.